The van der Waals surface area contributed by atoms with Crippen molar-refractivity contribution >= 4 is 21.8 Å². The fraction of sp³-hybridized carbons (Fsp3) is 1.00. The molecule has 1 unspecified atom stereocenters. The normalized spacial score (nSPS) is 27.6. The van der Waals surface area contributed by atoms with Crippen LogP contribution >= 0.6 is 11.6 Å². The molecule has 0 radical (unpaired) electrons. The van der Waals surface area contributed by atoms with Gasteiger partial charge in [-0.3, -0.25) is 0 Å². The zero-order chi connectivity index (χ0) is 12.5. The van der Waals surface area contributed by atoms with E-state index in [9.17, 15) is 8.42 Å². The lowest BCUT2D eigenvalue weighted by molar-refractivity contribution is 0.244. The van der Waals surface area contributed by atoms with Crippen molar-refractivity contribution in [1.82, 2.24) is 8.61 Å². The summed E-state index contributed by atoms with van der Waals surface area (Å²) in [6, 6.07) is 0.332. The molecule has 0 N–H and O–H groups in total. The van der Waals surface area contributed by atoms with Crippen molar-refractivity contribution in [2.75, 3.05) is 19.0 Å². The van der Waals surface area contributed by atoms with Crippen molar-refractivity contribution in [3.8, 4) is 0 Å². The third kappa shape index (κ3) is 2.95. The van der Waals surface area contributed by atoms with Gasteiger partial charge in [-0.15, -0.1) is 11.6 Å². The van der Waals surface area contributed by atoms with Crippen LogP contribution in [0.4, 0.5) is 0 Å². The Morgan fingerprint density at radius 1 is 1.29 bits per heavy atom. The number of hydrogen-bond donors (Lipinski definition) is 0. The van der Waals surface area contributed by atoms with E-state index in [4.69, 9.17) is 11.6 Å². The quantitative estimate of drug-likeness (QED) is 0.721. The summed E-state index contributed by atoms with van der Waals surface area (Å²) in [6.07, 6.45) is 5.05. The predicted octanol–water partition coefficient (Wildman–Crippen LogP) is 1.81. The molecule has 1 heterocycles. The van der Waals surface area contributed by atoms with E-state index in [1.807, 2.05) is 6.92 Å². The first-order chi connectivity index (χ1) is 8.07. The zero-order valence-electron chi connectivity index (χ0n) is 10.3. The highest BCUT2D eigenvalue weighted by Crippen LogP contribution is 2.32. The average molecular weight is 281 g/mol. The van der Waals surface area contributed by atoms with Crippen LogP contribution < -0.4 is 0 Å². The Hall–Kier alpha value is 0.160. The largest absolute Gasteiger partial charge is 0.282 e. The van der Waals surface area contributed by atoms with Crippen LogP contribution in [-0.2, 0) is 10.2 Å². The number of rotatable bonds is 5. The molecule has 100 valence electrons. The molecule has 2 fully saturated rings. The molecular weight excluding hydrogens is 260 g/mol. The lowest BCUT2D eigenvalue weighted by Crippen LogP contribution is -2.50. The van der Waals surface area contributed by atoms with Crippen LogP contribution in [-0.4, -0.2) is 48.1 Å². The number of nitrogens with zero attached hydrogens (tertiary/aromatic N) is 2. The lowest BCUT2D eigenvalue weighted by Gasteiger charge is -2.36. The van der Waals surface area contributed by atoms with Crippen LogP contribution in [0.1, 0.15) is 39.0 Å². The smallest absolute Gasteiger partial charge is 0.195 e. The van der Waals surface area contributed by atoms with Gasteiger partial charge in [-0.05, 0) is 32.6 Å². The molecule has 0 spiro atoms. The van der Waals surface area contributed by atoms with Crippen molar-refractivity contribution in [2.24, 2.45) is 0 Å². The average Bonchev–Trinajstić information content (AvgIpc) is 3.10. The molecule has 0 bridgehead atoms. The van der Waals surface area contributed by atoms with Gasteiger partial charge in [-0.25, -0.2) is 0 Å². The topological polar surface area (TPSA) is 40.6 Å². The van der Waals surface area contributed by atoms with Crippen LogP contribution in [0, 0.1) is 0 Å². The monoisotopic (exact) mass is 280 g/mol. The zero-order valence-corrected chi connectivity index (χ0v) is 11.9. The maximum absolute atomic E-state index is 12.6. The third-order valence-electron chi connectivity index (χ3n) is 3.59. The number of halogens is 1. The van der Waals surface area contributed by atoms with Crippen LogP contribution in [0.2, 0.25) is 0 Å². The fourth-order valence-corrected chi connectivity index (χ4v) is 4.86. The van der Waals surface area contributed by atoms with E-state index >= 15 is 0 Å². The van der Waals surface area contributed by atoms with Crippen molar-refractivity contribution < 1.29 is 8.42 Å². The van der Waals surface area contributed by atoms with E-state index < -0.39 is 10.2 Å². The minimum atomic E-state index is -3.29. The molecule has 1 atom stereocenters. The Morgan fingerprint density at radius 2 is 2.00 bits per heavy atom. The van der Waals surface area contributed by atoms with Crippen LogP contribution in [0.25, 0.3) is 0 Å². The van der Waals surface area contributed by atoms with Gasteiger partial charge in [0.2, 0.25) is 0 Å². The molecule has 0 aromatic carbocycles. The lowest BCUT2D eigenvalue weighted by atomic mass is 10.1. The van der Waals surface area contributed by atoms with Gasteiger partial charge in [0, 0.05) is 31.1 Å². The van der Waals surface area contributed by atoms with Crippen LogP contribution in [0.5, 0.6) is 0 Å². The van der Waals surface area contributed by atoms with Crippen molar-refractivity contribution in [3.05, 3.63) is 0 Å². The molecule has 6 heteroatoms. The van der Waals surface area contributed by atoms with Crippen molar-refractivity contribution in [2.45, 2.75) is 51.1 Å². The molecular formula is C11H21ClN2O2S. The van der Waals surface area contributed by atoms with Crippen LogP contribution in [0.15, 0.2) is 0 Å². The molecule has 0 aromatic heterocycles. The first-order valence-electron chi connectivity index (χ1n) is 6.42. The van der Waals surface area contributed by atoms with Gasteiger partial charge >= 0.3 is 0 Å². The summed E-state index contributed by atoms with van der Waals surface area (Å²) in [4.78, 5) is 0. The van der Waals surface area contributed by atoms with Gasteiger partial charge in [0.25, 0.3) is 10.2 Å². The van der Waals surface area contributed by atoms with Crippen molar-refractivity contribution in [3.63, 3.8) is 0 Å². The summed E-state index contributed by atoms with van der Waals surface area (Å²) < 4.78 is 28.4. The molecule has 2 aliphatic rings. The van der Waals surface area contributed by atoms with E-state index in [0.29, 0.717) is 19.0 Å². The maximum Gasteiger partial charge on any atom is 0.282 e. The second-order valence-electron chi connectivity index (χ2n) is 4.99. The summed E-state index contributed by atoms with van der Waals surface area (Å²) in [7, 11) is -3.29. The summed E-state index contributed by atoms with van der Waals surface area (Å²) in [6.45, 7) is 3.11. The molecule has 4 nitrogen and oxygen atoms in total. The third-order valence-corrected chi connectivity index (χ3v) is 5.97. The molecule has 1 aliphatic heterocycles. The molecule has 0 amide bonds. The second kappa shape index (κ2) is 5.43. The van der Waals surface area contributed by atoms with Gasteiger partial charge in [0.15, 0.2) is 0 Å². The number of hydrogen-bond acceptors (Lipinski definition) is 2. The Bertz CT molecular complexity index is 346. The second-order valence-corrected chi connectivity index (χ2v) is 7.21. The Labute approximate surface area is 109 Å². The van der Waals surface area contributed by atoms with Gasteiger partial charge in [-0.1, -0.05) is 6.42 Å². The minimum Gasteiger partial charge on any atom is -0.195 e. The molecule has 1 saturated heterocycles. The molecule has 2 rings (SSSR count). The van der Waals surface area contributed by atoms with E-state index in [1.165, 1.54) is 0 Å². The predicted molar refractivity (Wildman–Crippen MR) is 69.4 cm³/mol. The first-order valence-corrected chi connectivity index (χ1v) is 8.35. The number of alkyl halides is 1. The molecule has 1 saturated carbocycles. The highest BCUT2D eigenvalue weighted by atomic mass is 35.5. The van der Waals surface area contributed by atoms with E-state index in [2.05, 4.69) is 0 Å². The van der Waals surface area contributed by atoms with Gasteiger partial charge < -0.3 is 0 Å². The maximum atomic E-state index is 12.6. The summed E-state index contributed by atoms with van der Waals surface area (Å²) >= 11 is 5.72. The standard InChI is InChI=1S/C11H21ClN2O2S/c1-10-4-2-3-8-13(10)17(15,16)14(9-7-12)11-5-6-11/h10-11H,2-9H2,1H3. The van der Waals surface area contributed by atoms with Gasteiger partial charge in [-0.2, -0.15) is 17.0 Å². The SMILES string of the molecule is CC1CCCCN1S(=O)(=O)N(CCCl)C1CC1. The number of piperidine rings is 1. The fourth-order valence-electron chi connectivity index (χ4n) is 2.48. The summed E-state index contributed by atoms with van der Waals surface area (Å²) in [5.74, 6) is 0.373. The summed E-state index contributed by atoms with van der Waals surface area (Å²) in [5.41, 5.74) is 0. The summed E-state index contributed by atoms with van der Waals surface area (Å²) in [5, 5.41) is 0. The van der Waals surface area contributed by atoms with E-state index in [1.54, 1.807) is 8.61 Å². The Morgan fingerprint density at radius 3 is 2.53 bits per heavy atom. The Kier molecular flexibility index (Phi) is 4.34. The van der Waals surface area contributed by atoms with E-state index in [-0.39, 0.29) is 12.1 Å². The highest BCUT2D eigenvalue weighted by molar-refractivity contribution is 7.86. The first kappa shape index (κ1) is 13.6. The molecule has 17 heavy (non-hydrogen) atoms. The molecule has 1 aliphatic carbocycles. The van der Waals surface area contributed by atoms with Crippen LogP contribution in [0.3, 0.4) is 0 Å². The van der Waals surface area contributed by atoms with Gasteiger partial charge in [0.1, 0.15) is 0 Å². The van der Waals surface area contributed by atoms with Crippen molar-refractivity contribution in [1.29, 1.82) is 0 Å². The minimum absolute atomic E-state index is 0.130. The highest BCUT2D eigenvalue weighted by Gasteiger charge is 2.41. The molecule has 0 aromatic rings. The van der Waals surface area contributed by atoms with Gasteiger partial charge in [0.05, 0.1) is 0 Å². The Balaban J connectivity index is 2.14. The van der Waals surface area contributed by atoms with E-state index in [0.717, 1.165) is 32.1 Å².